The fourth-order valence-electron chi connectivity index (χ4n) is 2.11. The third-order valence-electron chi connectivity index (χ3n) is 3.08. The van der Waals surface area contributed by atoms with Crippen molar-refractivity contribution in [3.63, 3.8) is 0 Å². The first-order valence-electron chi connectivity index (χ1n) is 5.82. The molecule has 6 heteroatoms. The van der Waals surface area contributed by atoms with Crippen molar-refractivity contribution >= 4 is 34.7 Å². The van der Waals surface area contributed by atoms with Crippen LogP contribution in [0.1, 0.15) is 32.6 Å². The fourth-order valence-corrected chi connectivity index (χ4v) is 2.26. The van der Waals surface area contributed by atoms with Crippen LogP contribution in [0.5, 0.6) is 0 Å². The van der Waals surface area contributed by atoms with Crippen LogP contribution in [0.2, 0.25) is 0 Å². The second kappa shape index (κ2) is 5.41. The van der Waals surface area contributed by atoms with Gasteiger partial charge in [-0.3, -0.25) is 4.79 Å². The van der Waals surface area contributed by atoms with Gasteiger partial charge in [-0.05, 0) is 19.3 Å². The van der Waals surface area contributed by atoms with Crippen LogP contribution in [0.25, 0.3) is 0 Å². The molecule has 2 fully saturated rings. The third-order valence-corrected chi connectivity index (χ3v) is 4.46. The molecule has 1 aliphatic heterocycles. The monoisotopic (exact) mass is 354 g/mol. The zero-order valence-electron chi connectivity index (χ0n) is 9.56. The number of fused-ring (bicyclic) bond motifs is 1. The summed E-state index contributed by atoms with van der Waals surface area (Å²) in [4.78, 5) is 22.6. The molecule has 0 bridgehead atoms. The number of carbonyl (C=O) groups is 2. The fraction of sp³-hybridized carbons (Fsp3) is 0.818. The Morgan fingerprint density at radius 3 is 2.88 bits per heavy atom. The van der Waals surface area contributed by atoms with E-state index in [2.05, 4.69) is 22.6 Å². The summed E-state index contributed by atoms with van der Waals surface area (Å²) in [6.45, 7) is 1.95. The van der Waals surface area contributed by atoms with Gasteiger partial charge in [0.1, 0.15) is 22.2 Å². The Morgan fingerprint density at radius 1 is 1.47 bits per heavy atom. The Labute approximate surface area is 113 Å². The molecule has 5 nitrogen and oxygen atoms in total. The zero-order valence-corrected chi connectivity index (χ0v) is 11.7. The van der Waals surface area contributed by atoms with Crippen LogP contribution in [0.4, 0.5) is 4.79 Å². The highest BCUT2D eigenvalue weighted by Gasteiger charge is 2.42. The standard InChI is InChI=1S/C11H15IO5/c1-2-7(12)10(13)15-6-3-4-8-9(5-6)17-11(14)16-8/h6-9H,2-5H2,1H3. The molecular formula is C11H15IO5. The molecule has 0 aromatic carbocycles. The maximum atomic E-state index is 11.6. The van der Waals surface area contributed by atoms with Crippen molar-refractivity contribution in [1.29, 1.82) is 0 Å². The van der Waals surface area contributed by atoms with Crippen LogP contribution in [0, 0.1) is 0 Å². The van der Waals surface area contributed by atoms with Gasteiger partial charge in [-0.25, -0.2) is 4.79 Å². The molecule has 0 amide bonds. The van der Waals surface area contributed by atoms with E-state index in [1.165, 1.54) is 0 Å². The third kappa shape index (κ3) is 3.02. The molecule has 1 saturated carbocycles. The summed E-state index contributed by atoms with van der Waals surface area (Å²) in [6.07, 6.45) is 1.59. The number of rotatable bonds is 3. The van der Waals surface area contributed by atoms with E-state index in [-0.39, 0.29) is 28.2 Å². The predicted octanol–water partition coefficient (Wildman–Crippen LogP) is 2.20. The van der Waals surface area contributed by atoms with Gasteiger partial charge in [-0.1, -0.05) is 29.5 Å². The smallest absolute Gasteiger partial charge is 0.461 e. The lowest BCUT2D eigenvalue weighted by molar-refractivity contribution is -0.151. The summed E-state index contributed by atoms with van der Waals surface area (Å²) in [6, 6.07) is 0. The largest absolute Gasteiger partial charge is 0.509 e. The summed E-state index contributed by atoms with van der Waals surface area (Å²) >= 11 is 2.08. The Balaban J connectivity index is 1.84. The quantitative estimate of drug-likeness (QED) is 0.442. The number of carbonyl (C=O) groups excluding carboxylic acids is 2. The summed E-state index contributed by atoms with van der Waals surface area (Å²) in [5.41, 5.74) is 0. The first-order chi connectivity index (χ1) is 8.10. The van der Waals surface area contributed by atoms with Crippen LogP contribution < -0.4 is 0 Å². The Hall–Kier alpha value is -0.530. The van der Waals surface area contributed by atoms with E-state index in [9.17, 15) is 9.59 Å². The number of esters is 1. The molecule has 96 valence electrons. The minimum atomic E-state index is -0.604. The van der Waals surface area contributed by atoms with Crippen molar-refractivity contribution in [3.05, 3.63) is 0 Å². The van der Waals surface area contributed by atoms with E-state index in [0.29, 0.717) is 12.8 Å². The van der Waals surface area contributed by atoms with Gasteiger partial charge in [-0.15, -0.1) is 0 Å². The van der Waals surface area contributed by atoms with Crippen molar-refractivity contribution in [1.82, 2.24) is 0 Å². The highest BCUT2D eigenvalue weighted by Crippen LogP contribution is 2.31. The molecule has 0 N–H and O–H groups in total. The Kier molecular flexibility index (Phi) is 4.11. The van der Waals surface area contributed by atoms with Gasteiger partial charge in [-0.2, -0.15) is 0 Å². The topological polar surface area (TPSA) is 61.8 Å². The first kappa shape index (κ1) is 12.9. The molecule has 1 heterocycles. The molecule has 0 aromatic rings. The molecule has 1 saturated heterocycles. The number of hydrogen-bond acceptors (Lipinski definition) is 5. The van der Waals surface area contributed by atoms with Crippen molar-refractivity contribution in [2.24, 2.45) is 0 Å². The predicted molar refractivity (Wildman–Crippen MR) is 67.0 cm³/mol. The van der Waals surface area contributed by atoms with Gasteiger partial charge in [0, 0.05) is 6.42 Å². The molecule has 4 atom stereocenters. The van der Waals surface area contributed by atoms with Crippen LogP contribution in [0.15, 0.2) is 0 Å². The number of hydrogen-bond donors (Lipinski definition) is 0. The lowest BCUT2D eigenvalue weighted by Crippen LogP contribution is -2.37. The van der Waals surface area contributed by atoms with E-state index < -0.39 is 6.16 Å². The molecule has 0 radical (unpaired) electrons. The first-order valence-corrected chi connectivity index (χ1v) is 7.06. The van der Waals surface area contributed by atoms with Crippen LogP contribution in [-0.2, 0) is 19.0 Å². The summed E-state index contributed by atoms with van der Waals surface area (Å²) in [5.74, 6) is -0.179. The summed E-state index contributed by atoms with van der Waals surface area (Å²) < 4.78 is 15.3. The number of halogens is 1. The van der Waals surface area contributed by atoms with Gasteiger partial charge in [0.25, 0.3) is 0 Å². The summed E-state index contributed by atoms with van der Waals surface area (Å²) in [7, 11) is 0. The second-order valence-corrected chi connectivity index (χ2v) is 5.81. The molecule has 2 rings (SSSR count). The average molecular weight is 354 g/mol. The maximum absolute atomic E-state index is 11.6. The van der Waals surface area contributed by atoms with E-state index in [1.54, 1.807) is 0 Å². The molecule has 0 aromatic heterocycles. The van der Waals surface area contributed by atoms with Gasteiger partial charge in [0.15, 0.2) is 0 Å². The molecule has 17 heavy (non-hydrogen) atoms. The average Bonchev–Trinajstić information content (AvgIpc) is 2.67. The Bertz CT molecular complexity index is 319. The number of ether oxygens (including phenoxy) is 3. The van der Waals surface area contributed by atoms with E-state index in [0.717, 1.165) is 12.8 Å². The minimum absolute atomic E-state index is 0.104. The lowest BCUT2D eigenvalue weighted by atomic mass is 9.92. The number of alkyl halides is 1. The molecular weight excluding hydrogens is 339 g/mol. The van der Waals surface area contributed by atoms with Crippen LogP contribution in [0.3, 0.4) is 0 Å². The second-order valence-electron chi connectivity index (χ2n) is 4.31. The summed E-state index contributed by atoms with van der Waals surface area (Å²) in [5, 5.41) is 0. The van der Waals surface area contributed by atoms with Crippen LogP contribution >= 0.6 is 22.6 Å². The highest BCUT2D eigenvalue weighted by atomic mass is 127. The zero-order chi connectivity index (χ0) is 12.4. The van der Waals surface area contributed by atoms with Crippen molar-refractivity contribution in [2.75, 3.05) is 0 Å². The van der Waals surface area contributed by atoms with Gasteiger partial charge in [0.2, 0.25) is 0 Å². The highest BCUT2D eigenvalue weighted by molar-refractivity contribution is 14.1. The van der Waals surface area contributed by atoms with E-state index in [4.69, 9.17) is 14.2 Å². The minimum Gasteiger partial charge on any atom is -0.461 e. The van der Waals surface area contributed by atoms with Crippen molar-refractivity contribution in [2.45, 2.75) is 54.8 Å². The molecule has 1 aliphatic carbocycles. The van der Waals surface area contributed by atoms with E-state index in [1.807, 2.05) is 6.92 Å². The van der Waals surface area contributed by atoms with Crippen molar-refractivity contribution in [3.8, 4) is 0 Å². The van der Waals surface area contributed by atoms with Gasteiger partial charge in [0.05, 0.1) is 0 Å². The van der Waals surface area contributed by atoms with Crippen molar-refractivity contribution < 1.29 is 23.8 Å². The lowest BCUT2D eigenvalue weighted by Gasteiger charge is -2.28. The normalized spacial score (nSPS) is 33.3. The van der Waals surface area contributed by atoms with Gasteiger partial charge < -0.3 is 14.2 Å². The van der Waals surface area contributed by atoms with E-state index >= 15 is 0 Å². The molecule has 4 unspecified atom stereocenters. The molecule has 2 aliphatic rings. The van der Waals surface area contributed by atoms with Gasteiger partial charge >= 0.3 is 12.1 Å². The SMILES string of the molecule is CCC(I)C(=O)OC1CCC2OC(=O)OC2C1. The molecule has 0 spiro atoms. The maximum Gasteiger partial charge on any atom is 0.509 e. The van der Waals surface area contributed by atoms with Crippen LogP contribution in [-0.4, -0.2) is 34.4 Å². The Morgan fingerprint density at radius 2 is 2.18 bits per heavy atom.